The van der Waals surface area contributed by atoms with Gasteiger partial charge in [-0.3, -0.25) is 10.0 Å². The normalized spacial score (nSPS) is 14.7. The lowest BCUT2D eigenvalue weighted by atomic mass is 10.1. The molecule has 1 aromatic heterocycles. The van der Waals surface area contributed by atoms with Gasteiger partial charge < -0.3 is 4.98 Å². The van der Waals surface area contributed by atoms with Crippen LogP contribution in [-0.2, 0) is 4.79 Å². The number of aromatic nitrogens is 1. The minimum absolute atomic E-state index is 0.166. The van der Waals surface area contributed by atoms with E-state index in [4.69, 9.17) is 0 Å². The van der Waals surface area contributed by atoms with E-state index in [9.17, 15) is 10.0 Å². The molecule has 0 spiro atoms. The molecule has 22 heavy (non-hydrogen) atoms. The van der Waals surface area contributed by atoms with Crippen LogP contribution in [0.2, 0.25) is 0 Å². The minimum Gasteiger partial charge on any atom is -0.351 e. The number of aromatic amines is 1. The summed E-state index contributed by atoms with van der Waals surface area (Å²) in [5.74, 6) is -0.376. The van der Waals surface area contributed by atoms with E-state index in [1.54, 1.807) is 0 Å². The summed E-state index contributed by atoms with van der Waals surface area (Å²) in [5, 5.41) is 13.4. The van der Waals surface area contributed by atoms with Gasteiger partial charge in [-0.25, -0.2) is 10.1 Å². The molecule has 0 atom stereocenters. The van der Waals surface area contributed by atoms with Crippen molar-refractivity contribution in [1.29, 1.82) is 0 Å². The zero-order valence-corrected chi connectivity index (χ0v) is 11.7. The van der Waals surface area contributed by atoms with Gasteiger partial charge in [0.15, 0.2) is 0 Å². The second-order valence-electron chi connectivity index (χ2n) is 5.17. The number of para-hydroxylation sites is 1. The van der Waals surface area contributed by atoms with Gasteiger partial charge in [0.25, 0.3) is 5.91 Å². The Morgan fingerprint density at radius 1 is 1.05 bits per heavy atom. The maximum absolute atomic E-state index is 12.0. The molecule has 4 rings (SSSR count). The van der Waals surface area contributed by atoms with Gasteiger partial charge in [0.2, 0.25) is 0 Å². The van der Waals surface area contributed by atoms with Gasteiger partial charge in [0.05, 0.1) is 11.0 Å². The van der Waals surface area contributed by atoms with E-state index in [0.717, 1.165) is 21.5 Å². The van der Waals surface area contributed by atoms with Crippen molar-refractivity contribution in [2.45, 2.75) is 0 Å². The van der Waals surface area contributed by atoms with Crippen molar-refractivity contribution >= 4 is 22.5 Å². The first-order valence-electron chi connectivity index (χ1n) is 6.98. The second kappa shape index (κ2) is 4.82. The number of nitrogens with zero attached hydrogens (tertiary/aromatic N) is 2. The van der Waals surface area contributed by atoms with Crippen molar-refractivity contribution in [3.8, 4) is 0 Å². The molecule has 0 unspecified atom stereocenters. The zero-order chi connectivity index (χ0) is 15.1. The molecule has 0 saturated carbocycles. The Balaban J connectivity index is 2.21. The lowest BCUT2D eigenvalue weighted by molar-refractivity contribution is -0.125. The fraction of sp³-hybridized carbons (Fsp3) is 0.0588. The molecule has 2 N–H and O–H groups in total. The Morgan fingerprint density at radius 3 is 2.59 bits per heavy atom. The monoisotopic (exact) mass is 291 g/mol. The fourth-order valence-corrected chi connectivity index (χ4v) is 2.80. The van der Waals surface area contributed by atoms with Crippen molar-refractivity contribution < 1.29 is 10.0 Å². The number of hydrogen-bond acceptors (Lipinski definition) is 3. The summed E-state index contributed by atoms with van der Waals surface area (Å²) in [4.78, 5) is 19.4. The van der Waals surface area contributed by atoms with Crippen LogP contribution >= 0.6 is 0 Å². The van der Waals surface area contributed by atoms with Crippen molar-refractivity contribution in [2.24, 2.45) is 4.99 Å². The third-order valence-electron chi connectivity index (χ3n) is 3.74. The average Bonchev–Trinajstić information content (AvgIpc) is 2.81. The van der Waals surface area contributed by atoms with E-state index in [1.807, 2.05) is 54.6 Å². The minimum atomic E-state index is -0.376. The molecule has 1 amide bonds. The Bertz CT molecular complexity index is 990. The van der Waals surface area contributed by atoms with Crippen molar-refractivity contribution in [2.75, 3.05) is 6.54 Å². The van der Waals surface area contributed by atoms with Crippen molar-refractivity contribution in [1.82, 2.24) is 10.0 Å². The molecule has 3 aromatic rings. The van der Waals surface area contributed by atoms with E-state index in [2.05, 4.69) is 9.98 Å². The fourth-order valence-electron chi connectivity index (χ4n) is 2.80. The van der Waals surface area contributed by atoms with Gasteiger partial charge in [-0.15, -0.1) is 0 Å². The number of carbonyl (C=O) groups is 1. The summed E-state index contributed by atoms with van der Waals surface area (Å²) in [6, 6.07) is 17.1. The van der Waals surface area contributed by atoms with Crippen LogP contribution in [0.1, 0.15) is 5.56 Å². The molecule has 108 valence electrons. The van der Waals surface area contributed by atoms with Crippen LogP contribution in [0.15, 0.2) is 59.6 Å². The Labute approximate surface area is 125 Å². The van der Waals surface area contributed by atoms with Crippen LogP contribution in [0.3, 0.4) is 0 Å². The predicted molar refractivity (Wildman–Crippen MR) is 81.5 cm³/mol. The number of H-pyrrole nitrogens is 1. The molecular weight excluding hydrogens is 278 g/mol. The number of amides is 1. The number of nitrogens with one attached hydrogen (secondary N) is 1. The molecule has 0 aliphatic carbocycles. The molecular formula is C17H13N3O2. The van der Waals surface area contributed by atoms with Gasteiger partial charge in [-0.1, -0.05) is 48.5 Å². The van der Waals surface area contributed by atoms with Crippen LogP contribution in [0.4, 0.5) is 0 Å². The van der Waals surface area contributed by atoms with Crippen molar-refractivity contribution in [3.05, 3.63) is 70.9 Å². The molecule has 0 fully saturated rings. The number of carbonyl (C=O) groups excluding carboxylic acids is 1. The first kappa shape index (κ1) is 12.8. The molecule has 2 heterocycles. The van der Waals surface area contributed by atoms with Gasteiger partial charge in [-0.2, -0.15) is 0 Å². The highest BCUT2D eigenvalue weighted by molar-refractivity contribution is 5.86. The number of fused-ring (bicyclic) bond motifs is 3. The molecule has 0 radical (unpaired) electrons. The lowest BCUT2D eigenvalue weighted by Crippen LogP contribution is -2.31. The molecule has 2 aromatic carbocycles. The molecule has 0 bridgehead atoms. The molecule has 1 aliphatic heterocycles. The highest BCUT2D eigenvalue weighted by atomic mass is 16.5. The maximum atomic E-state index is 12.0. The van der Waals surface area contributed by atoms with Gasteiger partial charge in [0, 0.05) is 16.5 Å². The summed E-state index contributed by atoms with van der Waals surface area (Å²) >= 11 is 0. The first-order valence-corrected chi connectivity index (χ1v) is 6.98. The number of benzene rings is 2. The topological polar surface area (TPSA) is 68.7 Å². The Kier molecular flexibility index (Phi) is 2.80. The maximum Gasteiger partial charge on any atom is 0.268 e. The van der Waals surface area contributed by atoms with Crippen LogP contribution in [0, 0.1) is 0 Å². The van der Waals surface area contributed by atoms with E-state index in [-0.39, 0.29) is 12.5 Å². The van der Waals surface area contributed by atoms with E-state index in [0.29, 0.717) is 16.4 Å². The SMILES string of the molecule is O=C1CN(O)C(c2ccccc2)=c2[nH]c3ccccc3c2=N1. The van der Waals surface area contributed by atoms with Crippen LogP contribution in [0.5, 0.6) is 0 Å². The molecule has 0 saturated heterocycles. The standard InChI is InChI=1S/C17H13N3O2/c21-14-10-20(22)17(11-6-2-1-3-7-11)16-15(19-14)12-8-4-5-9-13(12)18-16/h1-9,18,22H,10H2. The zero-order valence-electron chi connectivity index (χ0n) is 11.7. The van der Waals surface area contributed by atoms with E-state index in [1.165, 1.54) is 0 Å². The molecule has 1 aliphatic rings. The summed E-state index contributed by atoms with van der Waals surface area (Å²) in [5.41, 5.74) is 2.26. The summed E-state index contributed by atoms with van der Waals surface area (Å²) in [6.45, 7) is -0.166. The quantitative estimate of drug-likeness (QED) is 0.707. The largest absolute Gasteiger partial charge is 0.351 e. The summed E-state index contributed by atoms with van der Waals surface area (Å²) in [7, 11) is 0. The predicted octanol–water partition coefficient (Wildman–Crippen LogP) is 1.18. The third-order valence-corrected chi connectivity index (χ3v) is 3.74. The van der Waals surface area contributed by atoms with Gasteiger partial charge in [-0.05, 0) is 6.07 Å². The summed E-state index contributed by atoms with van der Waals surface area (Å²) < 4.78 is 0. The highest BCUT2D eigenvalue weighted by Gasteiger charge is 2.20. The smallest absolute Gasteiger partial charge is 0.268 e. The van der Waals surface area contributed by atoms with Crippen LogP contribution < -0.4 is 10.7 Å². The van der Waals surface area contributed by atoms with E-state index >= 15 is 0 Å². The second-order valence-corrected chi connectivity index (χ2v) is 5.17. The number of hydroxylamine groups is 2. The van der Waals surface area contributed by atoms with E-state index < -0.39 is 0 Å². The average molecular weight is 291 g/mol. The van der Waals surface area contributed by atoms with Gasteiger partial charge in [0.1, 0.15) is 11.9 Å². The Morgan fingerprint density at radius 2 is 1.77 bits per heavy atom. The number of hydrogen-bond donors (Lipinski definition) is 2. The van der Waals surface area contributed by atoms with Crippen LogP contribution in [0.25, 0.3) is 16.6 Å². The number of rotatable bonds is 1. The van der Waals surface area contributed by atoms with Crippen LogP contribution in [-0.4, -0.2) is 27.7 Å². The summed E-state index contributed by atoms with van der Waals surface area (Å²) in [6.07, 6.45) is 0. The molecule has 5 heteroatoms. The first-order chi connectivity index (χ1) is 10.7. The molecule has 5 nitrogen and oxygen atoms in total. The lowest BCUT2D eigenvalue weighted by Gasteiger charge is -2.17. The Hall–Kier alpha value is -2.92. The van der Waals surface area contributed by atoms with Gasteiger partial charge >= 0.3 is 0 Å². The third kappa shape index (κ3) is 1.91. The highest BCUT2D eigenvalue weighted by Crippen LogP contribution is 2.16. The van der Waals surface area contributed by atoms with Crippen molar-refractivity contribution in [3.63, 3.8) is 0 Å².